The van der Waals surface area contributed by atoms with E-state index in [1.165, 1.54) is 11.1 Å². The second-order valence-corrected chi connectivity index (χ2v) is 4.52. The van der Waals surface area contributed by atoms with Gasteiger partial charge in [-0.25, -0.2) is 0 Å². The topological polar surface area (TPSA) is 12.5 Å². The van der Waals surface area contributed by atoms with Crippen molar-refractivity contribution in [1.29, 1.82) is 0 Å². The van der Waals surface area contributed by atoms with Crippen molar-refractivity contribution in [2.75, 3.05) is 26.3 Å². The van der Waals surface area contributed by atoms with Gasteiger partial charge in [-0.1, -0.05) is 30.2 Å². The Hall–Kier alpha value is -1.30. The van der Waals surface area contributed by atoms with Gasteiger partial charge in [0.05, 0.1) is 13.2 Å². The smallest absolute Gasteiger partial charge is 0.0594 e. The predicted molar refractivity (Wildman–Crippen MR) is 69.8 cm³/mol. The molecule has 90 valence electrons. The van der Waals surface area contributed by atoms with Crippen LogP contribution in [0.4, 0.5) is 0 Å². The van der Waals surface area contributed by atoms with Gasteiger partial charge in [0.25, 0.3) is 0 Å². The molecule has 2 rings (SSSR count). The van der Waals surface area contributed by atoms with E-state index in [9.17, 15) is 0 Å². The molecule has 1 atom stereocenters. The zero-order valence-electron chi connectivity index (χ0n) is 10.4. The van der Waals surface area contributed by atoms with E-state index in [0.29, 0.717) is 0 Å². The fraction of sp³-hybridized carbons (Fsp3) is 0.467. The van der Waals surface area contributed by atoms with Gasteiger partial charge in [-0.15, -0.1) is 6.42 Å². The van der Waals surface area contributed by atoms with Gasteiger partial charge >= 0.3 is 0 Å². The molecule has 2 nitrogen and oxygen atoms in total. The van der Waals surface area contributed by atoms with Crippen molar-refractivity contribution in [3.63, 3.8) is 0 Å². The first kappa shape index (κ1) is 12.2. The Labute approximate surface area is 104 Å². The van der Waals surface area contributed by atoms with Crippen molar-refractivity contribution >= 4 is 0 Å². The maximum atomic E-state index is 5.42. The van der Waals surface area contributed by atoms with Crippen LogP contribution in [0.5, 0.6) is 0 Å². The van der Waals surface area contributed by atoms with E-state index in [1.807, 2.05) is 0 Å². The lowest BCUT2D eigenvalue weighted by molar-refractivity contribution is 0.0342. The molecule has 1 aliphatic heterocycles. The Morgan fingerprint density at radius 3 is 2.53 bits per heavy atom. The van der Waals surface area contributed by atoms with Gasteiger partial charge in [-0.05, 0) is 18.1 Å². The molecule has 0 aromatic heterocycles. The molecule has 1 aromatic rings. The van der Waals surface area contributed by atoms with Crippen molar-refractivity contribution in [3.05, 3.63) is 35.4 Å². The molecule has 0 amide bonds. The molecule has 0 bridgehead atoms. The highest BCUT2D eigenvalue weighted by Crippen LogP contribution is 2.16. The highest BCUT2D eigenvalue weighted by Gasteiger charge is 2.10. The summed E-state index contributed by atoms with van der Waals surface area (Å²) in [5.41, 5.74) is 2.57. The minimum Gasteiger partial charge on any atom is -0.379 e. The fourth-order valence-corrected chi connectivity index (χ4v) is 2.03. The van der Waals surface area contributed by atoms with Crippen LogP contribution in [0.25, 0.3) is 0 Å². The molecule has 0 saturated carbocycles. The van der Waals surface area contributed by atoms with Crippen LogP contribution in [0.15, 0.2) is 24.3 Å². The van der Waals surface area contributed by atoms with Crippen molar-refractivity contribution < 1.29 is 4.74 Å². The number of hydrogen-bond donors (Lipinski definition) is 0. The first-order chi connectivity index (χ1) is 8.29. The lowest BCUT2D eigenvalue weighted by Gasteiger charge is -2.26. The molecular formula is C15H19NO. The second-order valence-electron chi connectivity index (χ2n) is 4.52. The van der Waals surface area contributed by atoms with Crippen LogP contribution in [-0.4, -0.2) is 31.2 Å². The van der Waals surface area contributed by atoms with E-state index in [2.05, 4.69) is 42.0 Å². The average Bonchev–Trinajstić information content (AvgIpc) is 2.40. The molecule has 0 N–H and O–H groups in total. The van der Waals surface area contributed by atoms with Crippen LogP contribution in [-0.2, 0) is 11.3 Å². The van der Waals surface area contributed by atoms with Crippen LogP contribution in [0, 0.1) is 12.3 Å². The van der Waals surface area contributed by atoms with Gasteiger partial charge in [0.1, 0.15) is 0 Å². The van der Waals surface area contributed by atoms with Crippen LogP contribution in [0.3, 0.4) is 0 Å². The second kappa shape index (κ2) is 5.86. The van der Waals surface area contributed by atoms with E-state index in [-0.39, 0.29) is 5.92 Å². The van der Waals surface area contributed by atoms with Crippen LogP contribution in [0.2, 0.25) is 0 Å². The lowest BCUT2D eigenvalue weighted by atomic mass is 10.0. The van der Waals surface area contributed by atoms with Crippen LogP contribution < -0.4 is 0 Å². The largest absolute Gasteiger partial charge is 0.379 e. The number of hydrogen-bond acceptors (Lipinski definition) is 2. The Kier molecular flexibility index (Phi) is 4.19. The summed E-state index contributed by atoms with van der Waals surface area (Å²) in [7, 11) is 0. The molecule has 0 aliphatic carbocycles. The predicted octanol–water partition coefficient (Wildman–Crippen LogP) is 2.26. The summed E-state index contributed by atoms with van der Waals surface area (Å²) in [5, 5.41) is 0. The Bertz CT molecular complexity index is 384. The molecule has 1 heterocycles. The first-order valence-electron chi connectivity index (χ1n) is 6.14. The molecule has 1 saturated heterocycles. The van der Waals surface area contributed by atoms with Gasteiger partial charge < -0.3 is 4.74 Å². The molecular weight excluding hydrogens is 210 g/mol. The number of morpholine rings is 1. The Morgan fingerprint density at radius 2 is 1.94 bits per heavy atom. The number of terminal acetylenes is 1. The van der Waals surface area contributed by atoms with E-state index < -0.39 is 0 Å². The lowest BCUT2D eigenvalue weighted by Crippen LogP contribution is -2.35. The zero-order chi connectivity index (χ0) is 12.1. The Morgan fingerprint density at radius 1 is 1.29 bits per heavy atom. The van der Waals surface area contributed by atoms with Crippen molar-refractivity contribution in [2.24, 2.45) is 0 Å². The maximum Gasteiger partial charge on any atom is 0.0594 e. The third-order valence-electron chi connectivity index (χ3n) is 3.24. The van der Waals surface area contributed by atoms with Crippen molar-refractivity contribution in [1.82, 2.24) is 4.90 Å². The molecule has 2 heteroatoms. The standard InChI is InChI=1S/C15H19NO/c1-3-13(2)15-6-4-14(5-7-15)12-16-8-10-17-11-9-16/h1,4-7,13H,8-12H2,2H3. The number of ether oxygens (including phenoxy) is 1. The maximum absolute atomic E-state index is 5.42. The Balaban J connectivity index is 1.96. The minimum absolute atomic E-state index is 0.201. The summed E-state index contributed by atoms with van der Waals surface area (Å²) in [6, 6.07) is 8.64. The summed E-state index contributed by atoms with van der Waals surface area (Å²) < 4.78 is 5.34. The van der Waals surface area contributed by atoms with Gasteiger partial charge in [0, 0.05) is 25.6 Å². The molecule has 17 heavy (non-hydrogen) atoms. The molecule has 0 spiro atoms. The van der Waals surface area contributed by atoms with E-state index in [1.54, 1.807) is 0 Å². The molecule has 1 aromatic carbocycles. The molecule has 0 radical (unpaired) electrons. The van der Waals surface area contributed by atoms with Gasteiger partial charge in [-0.2, -0.15) is 0 Å². The molecule has 1 aliphatic rings. The number of nitrogens with zero attached hydrogens (tertiary/aromatic N) is 1. The van der Waals surface area contributed by atoms with E-state index in [0.717, 1.165) is 32.8 Å². The van der Waals surface area contributed by atoms with Crippen molar-refractivity contribution in [2.45, 2.75) is 19.4 Å². The number of rotatable bonds is 3. The summed E-state index contributed by atoms with van der Waals surface area (Å²) >= 11 is 0. The average molecular weight is 229 g/mol. The minimum atomic E-state index is 0.201. The molecule has 1 fully saturated rings. The van der Waals surface area contributed by atoms with Gasteiger partial charge in [-0.3, -0.25) is 4.90 Å². The summed E-state index contributed by atoms with van der Waals surface area (Å²) in [6.07, 6.45) is 5.42. The fourth-order valence-electron chi connectivity index (χ4n) is 2.03. The number of benzene rings is 1. The SMILES string of the molecule is C#CC(C)c1ccc(CN2CCOCC2)cc1. The first-order valence-corrected chi connectivity index (χ1v) is 6.14. The van der Waals surface area contributed by atoms with Crippen LogP contribution in [0.1, 0.15) is 24.0 Å². The summed E-state index contributed by atoms with van der Waals surface area (Å²) in [5.74, 6) is 2.96. The van der Waals surface area contributed by atoms with Gasteiger partial charge in [0.2, 0.25) is 0 Å². The third kappa shape index (κ3) is 3.33. The third-order valence-corrected chi connectivity index (χ3v) is 3.24. The summed E-state index contributed by atoms with van der Waals surface area (Å²) in [6.45, 7) is 6.83. The zero-order valence-corrected chi connectivity index (χ0v) is 10.4. The van der Waals surface area contributed by atoms with Crippen LogP contribution >= 0.6 is 0 Å². The normalized spacial score (nSPS) is 18.6. The monoisotopic (exact) mass is 229 g/mol. The summed E-state index contributed by atoms with van der Waals surface area (Å²) in [4.78, 5) is 2.42. The van der Waals surface area contributed by atoms with Gasteiger partial charge in [0.15, 0.2) is 0 Å². The molecule has 1 unspecified atom stereocenters. The van der Waals surface area contributed by atoms with E-state index in [4.69, 9.17) is 11.2 Å². The highest BCUT2D eigenvalue weighted by atomic mass is 16.5. The van der Waals surface area contributed by atoms with Crippen molar-refractivity contribution in [3.8, 4) is 12.3 Å². The quantitative estimate of drug-likeness (QED) is 0.737. The van der Waals surface area contributed by atoms with E-state index >= 15 is 0 Å². The highest BCUT2D eigenvalue weighted by molar-refractivity contribution is 5.29.